The van der Waals surface area contributed by atoms with Crippen LogP contribution in [0.1, 0.15) is 26.7 Å². The molecule has 6 nitrogen and oxygen atoms in total. The second-order valence-corrected chi connectivity index (χ2v) is 7.14. The average molecular weight is 393 g/mol. The molecule has 2 saturated heterocycles. The van der Waals surface area contributed by atoms with Gasteiger partial charge in [0, 0.05) is 52.4 Å². The molecule has 2 fully saturated rings. The summed E-state index contributed by atoms with van der Waals surface area (Å²) in [6, 6.07) is -1.39. The number of alkyl halides is 3. The quantitative estimate of drug-likeness (QED) is 0.405. The lowest BCUT2D eigenvalue weighted by molar-refractivity contribution is -0.181. The van der Waals surface area contributed by atoms with Crippen molar-refractivity contribution >= 4 is 5.96 Å². The Labute approximate surface area is 160 Å². The third-order valence-electron chi connectivity index (χ3n) is 5.22. The molecule has 0 aliphatic carbocycles. The number of aliphatic imine (C=N–C) groups is 1. The highest BCUT2D eigenvalue weighted by molar-refractivity contribution is 5.80. The largest absolute Gasteiger partial charge is 0.403 e. The maximum absolute atomic E-state index is 12.9. The smallest absolute Gasteiger partial charge is 0.379 e. The molecule has 0 bridgehead atoms. The molecule has 2 aliphatic heterocycles. The first-order valence-corrected chi connectivity index (χ1v) is 10.1. The first-order valence-electron chi connectivity index (χ1n) is 10.1. The molecule has 1 unspecified atom stereocenters. The minimum absolute atomic E-state index is 0.405. The molecule has 2 rings (SSSR count). The highest BCUT2D eigenvalue weighted by atomic mass is 19.4. The summed E-state index contributed by atoms with van der Waals surface area (Å²) in [5.74, 6) is 0.822. The number of ether oxygens (including phenoxy) is 1. The number of hydrogen-bond acceptors (Lipinski definition) is 4. The molecule has 9 heteroatoms. The Morgan fingerprint density at radius 1 is 1.07 bits per heavy atom. The van der Waals surface area contributed by atoms with E-state index in [1.807, 2.05) is 6.92 Å². The molecule has 1 atom stereocenters. The molecule has 0 aromatic heterocycles. The van der Waals surface area contributed by atoms with Crippen molar-refractivity contribution < 1.29 is 17.9 Å². The lowest BCUT2D eigenvalue weighted by atomic mass is 10.2. The Morgan fingerprint density at radius 3 is 2.33 bits per heavy atom. The molecule has 0 saturated carbocycles. The van der Waals surface area contributed by atoms with E-state index < -0.39 is 12.2 Å². The molecule has 2 heterocycles. The maximum atomic E-state index is 12.9. The first-order chi connectivity index (χ1) is 12.9. The molecule has 0 aromatic rings. The molecule has 0 aromatic carbocycles. The van der Waals surface area contributed by atoms with Gasteiger partial charge in [0.25, 0.3) is 0 Å². The molecule has 0 amide bonds. The maximum Gasteiger partial charge on any atom is 0.403 e. The minimum atomic E-state index is -4.17. The SMILES string of the molecule is CCNC(=NCCCCN1CCOCC1)N1CCN(C(C)C(F)(F)F)CC1. The summed E-state index contributed by atoms with van der Waals surface area (Å²) in [6.07, 6.45) is -2.06. The van der Waals surface area contributed by atoms with E-state index in [0.29, 0.717) is 26.2 Å². The molecular weight excluding hydrogens is 359 g/mol. The van der Waals surface area contributed by atoms with E-state index in [9.17, 15) is 13.2 Å². The van der Waals surface area contributed by atoms with Crippen LogP contribution in [-0.2, 0) is 4.74 Å². The summed E-state index contributed by atoms with van der Waals surface area (Å²) < 4.78 is 44.0. The third-order valence-corrected chi connectivity index (χ3v) is 5.22. The summed E-state index contributed by atoms with van der Waals surface area (Å²) in [5.41, 5.74) is 0. The normalized spacial score (nSPS) is 22.1. The number of guanidine groups is 1. The van der Waals surface area contributed by atoms with Crippen LogP contribution in [0.2, 0.25) is 0 Å². The van der Waals surface area contributed by atoms with Crippen LogP contribution in [0.5, 0.6) is 0 Å². The van der Waals surface area contributed by atoms with Gasteiger partial charge < -0.3 is 15.0 Å². The Morgan fingerprint density at radius 2 is 1.74 bits per heavy atom. The second kappa shape index (κ2) is 11.1. The average Bonchev–Trinajstić information content (AvgIpc) is 2.66. The number of hydrogen-bond donors (Lipinski definition) is 1. The number of halogens is 3. The van der Waals surface area contributed by atoms with Crippen LogP contribution >= 0.6 is 0 Å². The van der Waals surface area contributed by atoms with Crippen molar-refractivity contribution in [2.75, 3.05) is 72.1 Å². The van der Waals surface area contributed by atoms with E-state index in [1.165, 1.54) is 11.8 Å². The van der Waals surface area contributed by atoms with E-state index >= 15 is 0 Å². The topological polar surface area (TPSA) is 43.3 Å². The standard InChI is InChI=1S/C18H34F3N5O/c1-3-22-17(23-6-4-5-7-24-12-14-27-15-13-24)26-10-8-25(9-11-26)16(2)18(19,20)21/h16H,3-15H2,1-2H3,(H,22,23). The Bertz CT molecular complexity index is 447. The van der Waals surface area contributed by atoms with Gasteiger partial charge >= 0.3 is 6.18 Å². The number of nitrogens with zero attached hydrogens (tertiary/aromatic N) is 4. The van der Waals surface area contributed by atoms with Crippen molar-refractivity contribution in [3.8, 4) is 0 Å². The predicted molar refractivity (Wildman–Crippen MR) is 101 cm³/mol. The van der Waals surface area contributed by atoms with Crippen LogP contribution in [0.25, 0.3) is 0 Å². The molecule has 158 valence electrons. The highest BCUT2D eigenvalue weighted by Crippen LogP contribution is 2.25. The fourth-order valence-corrected chi connectivity index (χ4v) is 3.41. The molecule has 1 N–H and O–H groups in total. The Kier molecular flexibility index (Phi) is 9.11. The van der Waals surface area contributed by atoms with Crippen LogP contribution < -0.4 is 5.32 Å². The van der Waals surface area contributed by atoms with Gasteiger partial charge in [0.2, 0.25) is 0 Å². The van der Waals surface area contributed by atoms with Crippen molar-refractivity contribution in [1.29, 1.82) is 0 Å². The Hall–Kier alpha value is -1.06. The van der Waals surface area contributed by atoms with Crippen molar-refractivity contribution in [3.63, 3.8) is 0 Å². The summed E-state index contributed by atoms with van der Waals surface area (Å²) in [4.78, 5) is 10.7. The number of piperazine rings is 1. The highest BCUT2D eigenvalue weighted by Gasteiger charge is 2.41. The van der Waals surface area contributed by atoms with Gasteiger partial charge in [-0.25, -0.2) is 0 Å². The van der Waals surface area contributed by atoms with Gasteiger partial charge in [0.15, 0.2) is 5.96 Å². The summed E-state index contributed by atoms with van der Waals surface area (Å²) >= 11 is 0. The fourth-order valence-electron chi connectivity index (χ4n) is 3.41. The zero-order chi connectivity index (χ0) is 19.7. The predicted octanol–water partition coefficient (Wildman–Crippen LogP) is 1.63. The third kappa shape index (κ3) is 7.46. The van der Waals surface area contributed by atoms with Gasteiger partial charge in [-0.2, -0.15) is 13.2 Å². The van der Waals surface area contributed by atoms with Crippen LogP contribution in [0, 0.1) is 0 Å². The molecule has 0 spiro atoms. The Balaban J connectivity index is 1.73. The molecular formula is C18H34F3N5O. The van der Waals surface area contributed by atoms with Crippen LogP contribution in [-0.4, -0.2) is 105 Å². The van der Waals surface area contributed by atoms with Crippen molar-refractivity contribution in [2.45, 2.75) is 38.9 Å². The number of unbranched alkanes of at least 4 members (excludes halogenated alkanes) is 1. The van der Waals surface area contributed by atoms with E-state index in [1.54, 1.807) is 0 Å². The van der Waals surface area contributed by atoms with Gasteiger partial charge in [0.05, 0.1) is 13.2 Å². The van der Waals surface area contributed by atoms with Crippen molar-refractivity contribution in [3.05, 3.63) is 0 Å². The zero-order valence-electron chi connectivity index (χ0n) is 16.6. The van der Waals surface area contributed by atoms with Crippen LogP contribution in [0.4, 0.5) is 13.2 Å². The lowest BCUT2D eigenvalue weighted by Crippen LogP contribution is -2.56. The van der Waals surface area contributed by atoms with E-state index in [4.69, 9.17) is 4.74 Å². The summed E-state index contributed by atoms with van der Waals surface area (Å²) in [6.45, 7) is 11.4. The van der Waals surface area contributed by atoms with Crippen molar-refractivity contribution in [1.82, 2.24) is 20.0 Å². The van der Waals surface area contributed by atoms with Crippen LogP contribution in [0.3, 0.4) is 0 Å². The van der Waals surface area contributed by atoms with Gasteiger partial charge in [0.1, 0.15) is 6.04 Å². The van der Waals surface area contributed by atoms with E-state index in [2.05, 4.69) is 20.1 Å². The second-order valence-electron chi connectivity index (χ2n) is 7.14. The number of rotatable bonds is 7. The molecule has 27 heavy (non-hydrogen) atoms. The monoisotopic (exact) mass is 393 g/mol. The fraction of sp³-hybridized carbons (Fsp3) is 0.944. The summed E-state index contributed by atoms with van der Waals surface area (Å²) in [5, 5.41) is 3.28. The molecule has 2 aliphatic rings. The molecule has 0 radical (unpaired) electrons. The van der Waals surface area contributed by atoms with E-state index in [0.717, 1.165) is 64.7 Å². The van der Waals surface area contributed by atoms with Gasteiger partial charge in [-0.05, 0) is 33.2 Å². The summed E-state index contributed by atoms with van der Waals surface area (Å²) in [7, 11) is 0. The number of morpholine rings is 1. The first kappa shape index (κ1) is 22.2. The van der Waals surface area contributed by atoms with Gasteiger partial charge in [-0.15, -0.1) is 0 Å². The zero-order valence-corrected chi connectivity index (χ0v) is 16.6. The van der Waals surface area contributed by atoms with Crippen LogP contribution in [0.15, 0.2) is 4.99 Å². The van der Waals surface area contributed by atoms with Crippen molar-refractivity contribution in [2.24, 2.45) is 4.99 Å². The van der Waals surface area contributed by atoms with Gasteiger partial charge in [-0.3, -0.25) is 14.8 Å². The van der Waals surface area contributed by atoms with E-state index in [-0.39, 0.29) is 0 Å². The minimum Gasteiger partial charge on any atom is -0.379 e. The number of nitrogens with one attached hydrogen (secondary N) is 1. The van der Waals surface area contributed by atoms with Gasteiger partial charge in [-0.1, -0.05) is 0 Å². The lowest BCUT2D eigenvalue weighted by Gasteiger charge is -2.39.